The summed E-state index contributed by atoms with van der Waals surface area (Å²) in [6.45, 7) is 4.20. The van der Waals surface area contributed by atoms with Crippen LogP contribution in [-0.4, -0.2) is 43.9 Å². The molecule has 0 bridgehead atoms. The van der Waals surface area contributed by atoms with Gasteiger partial charge in [0.1, 0.15) is 0 Å². The maximum absolute atomic E-state index is 12.9. The van der Waals surface area contributed by atoms with Gasteiger partial charge in [-0.2, -0.15) is 13.2 Å². The first kappa shape index (κ1) is 14.8. The summed E-state index contributed by atoms with van der Waals surface area (Å²) in [6, 6.07) is 4.18. The Morgan fingerprint density at radius 1 is 1.30 bits per heavy atom. The maximum Gasteiger partial charge on any atom is 0.417 e. The van der Waals surface area contributed by atoms with E-state index in [0.29, 0.717) is 18.8 Å². The number of halogens is 3. The second kappa shape index (κ2) is 5.44. The van der Waals surface area contributed by atoms with Gasteiger partial charge in [-0.25, -0.2) is 0 Å². The molecule has 6 heteroatoms. The summed E-state index contributed by atoms with van der Waals surface area (Å²) in [4.78, 5) is 14.8. The summed E-state index contributed by atoms with van der Waals surface area (Å²) in [5.41, 5.74) is -0.664. The van der Waals surface area contributed by atoms with Crippen LogP contribution in [0.2, 0.25) is 0 Å². The largest absolute Gasteiger partial charge is 0.417 e. The van der Waals surface area contributed by atoms with Crippen LogP contribution in [0.3, 0.4) is 0 Å². The third kappa shape index (κ3) is 2.95. The van der Waals surface area contributed by atoms with Crippen LogP contribution in [0.15, 0.2) is 18.2 Å². The molecule has 1 aromatic rings. The molecule has 1 saturated heterocycles. The van der Waals surface area contributed by atoms with Gasteiger partial charge in [-0.1, -0.05) is 0 Å². The molecule has 0 spiro atoms. The number of carbonyl (C=O) groups is 1. The van der Waals surface area contributed by atoms with Crippen molar-refractivity contribution in [2.75, 3.05) is 31.6 Å². The molecule has 0 aromatic heterocycles. The SMILES string of the molecule is CC1CN(c2ccc(C=O)c(C(F)(F)F)c2)CCN1C. The number of likely N-dealkylation sites (N-methyl/N-ethyl adjacent to an activating group) is 1. The van der Waals surface area contributed by atoms with Crippen molar-refractivity contribution in [3.05, 3.63) is 29.3 Å². The first-order valence-electron chi connectivity index (χ1n) is 6.44. The standard InChI is InChI=1S/C14H17F3N2O/c1-10-8-19(6-5-18(10)2)12-4-3-11(9-20)13(7-12)14(15,16)17/h3-4,7,9-10H,5-6,8H2,1-2H3. The number of nitrogens with zero attached hydrogens (tertiary/aromatic N) is 2. The van der Waals surface area contributed by atoms with Gasteiger partial charge < -0.3 is 9.80 Å². The minimum absolute atomic E-state index is 0.249. The van der Waals surface area contributed by atoms with Crippen molar-refractivity contribution in [3.8, 4) is 0 Å². The Morgan fingerprint density at radius 2 is 2.00 bits per heavy atom. The molecular formula is C14H17F3N2O. The van der Waals surface area contributed by atoms with Crippen molar-refractivity contribution in [2.45, 2.75) is 19.1 Å². The van der Waals surface area contributed by atoms with Gasteiger partial charge in [-0.05, 0) is 32.2 Å². The first-order valence-corrected chi connectivity index (χ1v) is 6.44. The number of piperazine rings is 1. The smallest absolute Gasteiger partial charge is 0.369 e. The summed E-state index contributed by atoms with van der Waals surface area (Å²) < 4.78 is 38.8. The number of carbonyl (C=O) groups excluding carboxylic acids is 1. The van der Waals surface area contributed by atoms with E-state index in [0.717, 1.165) is 12.6 Å². The van der Waals surface area contributed by atoms with Crippen molar-refractivity contribution < 1.29 is 18.0 Å². The van der Waals surface area contributed by atoms with Crippen LogP contribution in [0.1, 0.15) is 22.8 Å². The predicted molar refractivity (Wildman–Crippen MR) is 71.1 cm³/mol. The van der Waals surface area contributed by atoms with E-state index in [1.165, 1.54) is 6.07 Å². The van der Waals surface area contributed by atoms with Crippen molar-refractivity contribution in [2.24, 2.45) is 0 Å². The lowest BCUT2D eigenvalue weighted by Crippen LogP contribution is -2.50. The number of benzene rings is 1. The Balaban J connectivity index is 2.32. The number of hydrogen-bond donors (Lipinski definition) is 0. The molecule has 0 saturated carbocycles. The van der Waals surface area contributed by atoms with E-state index in [-0.39, 0.29) is 17.9 Å². The number of aldehydes is 1. The Labute approximate surface area is 116 Å². The fourth-order valence-corrected chi connectivity index (χ4v) is 2.37. The molecule has 1 aliphatic heterocycles. The molecule has 110 valence electrons. The number of rotatable bonds is 2. The summed E-state index contributed by atoms with van der Waals surface area (Å²) in [7, 11) is 2.00. The zero-order chi connectivity index (χ0) is 14.9. The molecule has 0 amide bonds. The molecule has 2 rings (SSSR count). The van der Waals surface area contributed by atoms with Crippen LogP contribution in [-0.2, 0) is 6.18 Å². The van der Waals surface area contributed by atoms with Gasteiger partial charge in [-0.15, -0.1) is 0 Å². The lowest BCUT2D eigenvalue weighted by atomic mass is 10.1. The summed E-state index contributed by atoms with van der Waals surface area (Å²) in [5, 5.41) is 0. The van der Waals surface area contributed by atoms with Crippen molar-refractivity contribution in [1.29, 1.82) is 0 Å². The zero-order valence-corrected chi connectivity index (χ0v) is 11.4. The van der Waals surface area contributed by atoms with Gasteiger partial charge >= 0.3 is 6.18 Å². The molecule has 0 radical (unpaired) electrons. The van der Waals surface area contributed by atoms with E-state index in [4.69, 9.17) is 0 Å². The van der Waals surface area contributed by atoms with Crippen LogP contribution >= 0.6 is 0 Å². The first-order chi connectivity index (χ1) is 9.32. The van der Waals surface area contributed by atoms with Crippen LogP contribution in [0.25, 0.3) is 0 Å². The summed E-state index contributed by atoms with van der Waals surface area (Å²) >= 11 is 0. The van der Waals surface area contributed by atoms with Crippen molar-refractivity contribution in [1.82, 2.24) is 4.90 Å². The van der Waals surface area contributed by atoms with Crippen LogP contribution in [0.5, 0.6) is 0 Å². The Morgan fingerprint density at radius 3 is 2.55 bits per heavy atom. The quantitative estimate of drug-likeness (QED) is 0.781. The molecule has 1 fully saturated rings. The highest BCUT2D eigenvalue weighted by molar-refractivity contribution is 5.79. The highest BCUT2D eigenvalue weighted by Gasteiger charge is 2.34. The van der Waals surface area contributed by atoms with E-state index in [2.05, 4.69) is 4.90 Å². The molecule has 1 aliphatic rings. The maximum atomic E-state index is 12.9. The molecular weight excluding hydrogens is 269 g/mol. The highest BCUT2D eigenvalue weighted by Crippen LogP contribution is 2.34. The van der Waals surface area contributed by atoms with Crippen LogP contribution in [0, 0.1) is 0 Å². The monoisotopic (exact) mass is 286 g/mol. The lowest BCUT2D eigenvalue weighted by Gasteiger charge is -2.39. The third-order valence-electron chi connectivity index (χ3n) is 3.79. The van der Waals surface area contributed by atoms with Gasteiger partial charge in [0.15, 0.2) is 6.29 Å². The van der Waals surface area contributed by atoms with E-state index < -0.39 is 11.7 Å². The second-order valence-corrected chi connectivity index (χ2v) is 5.16. The normalized spacial score (nSPS) is 21.1. The van der Waals surface area contributed by atoms with Gasteiger partial charge in [0.05, 0.1) is 5.56 Å². The molecule has 1 unspecified atom stereocenters. The average molecular weight is 286 g/mol. The Hall–Kier alpha value is -1.56. The van der Waals surface area contributed by atoms with Crippen molar-refractivity contribution in [3.63, 3.8) is 0 Å². The number of anilines is 1. The van der Waals surface area contributed by atoms with Gasteiger partial charge in [0.25, 0.3) is 0 Å². The molecule has 1 atom stereocenters. The molecule has 0 N–H and O–H groups in total. The van der Waals surface area contributed by atoms with E-state index in [1.54, 1.807) is 6.07 Å². The second-order valence-electron chi connectivity index (χ2n) is 5.16. The molecule has 1 aromatic carbocycles. The van der Waals surface area contributed by atoms with E-state index in [9.17, 15) is 18.0 Å². The third-order valence-corrected chi connectivity index (χ3v) is 3.79. The zero-order valence-electron chi connectivity index (χ0n) is 11.4. The van der Waals surface area contributed by atoms with Crippen LogP contribution in [0.4, 0.5) is 18.9 Å². The molecule has 0 aliphatic carbocycles. The predicted octanol–water partition coefficient (Wildman–Crippen LogP) is 2.66. The lowest BCUT2D eigenvalue weighted by molar-refractivity contribution is -0.137. The molecule has 1 heterocycles. The van der Waals surface area contributed by atoms with E-state index >= 15 is 0 Å². The van der Waals surface area contributed by atoms with E-state index in [1.807, 2.05) is 18.9 Å². The minimum atomic E-state index is -4.51. The average Bonchev–Trinajstić information content (AvgIpc) is 2.40. The van der Waals surface area contributed by atoms with Gasteiger partial charge in [-0.3, -0.25) is 4.79 Å². The fourth-order valence-electron chi connectivity index (χ4n) is 2.37. The molecule has 3 nitrogen and oxygen atoms in total. The Kier molecular flexibility index (Phi) is 4.04. The minimum Gasteiger partial charge on any atom is -0.369 e. The van der Waals surface area contributed by atoms with Gasteiger partial charge in [0, 0.05) is 36.9 Å². The number of alkyl halides is 3. The van der Waals surface area contributed by atoms with Crippen molar-refractivity contribution >= 4 is 12.0 Å². The van der Waals surface area contributed by atoms with Gasteiger partial charge in [0.2, 0.25) is 0 Å². The summed E-state index contributed by atoms with van der Waals surface area (Å²) in [6.07, 6.45) is -4.26. The molecule has 20 heavy (non-hydrogen) atoms. The fraction of sp³-hybridized carbons (Fsp3) is 0.500. The Bertz CT molecular complexity index is 502. The number of hydrogen-bond acceptors (Lipinski definition) is 3. The topological polar surface area (TPSA) is 23.6 Å². The summed E-state index contributed by atoms with van der Waals surface area (Å²) in [5.74, 6) is 0. The highest BCUT2D eigenvalue weighted by atomic mass is 19.4. The van der Waals surface area contributed by atoms with Crippen LogP contribution < -0.4 is 4.90 Å².